The monoisotopic (exact) mass is 715 g/mol. The molecule has 0 saturated heterocycles. The second kappa shape index (κ2) is 13.7. The molecule has 0 fully saturated rings. The van der Waals surface area contributed by atoms with Gasteiger partial charge in [0.2, 0.25) is 0 Å². The Bertz CT molecular complexity index is 2860. The molecule has 56 heavy (non-hydrogen) atoms. The van der Waals surface area contributed by atoms with E-state index in [0.29, 0.717) is 0 Å². The standard InChI is InChI=1S/C55H41N/c1-55(2)50-25-10-8-23-49(50)54-51(55)26-14-28-53(54)56(52-27-11-9-22-48(52)43-35-29-39(30-36-43)38-15-4-3-5-16-38)45-20-12-19-44(37-45)40-31-33-42(34-32-40)47-24-13-18-41-17-6-7-21-46(41)47/h3-37H,1-2H3. The maximum Gasteiger partial charge on any atom is 0.0543 e. The van der Waals surface area contributed by atoms with E-state index in [0.717, 1.165) is 11.4 Å². The molecule has 9 aromatic rings. The maximum atomic E-state index is 2.49. The molecule has 0 atom stereocenters. The number of para-hydroxylation sites is 1. The second-order valence-electron chi connectivity index (χ2n) is 15.3. The van der Waals surface area contributed by atoms with Crippen LogP contribution in [0, 0.1) is 0 Å². The van der Waals surface area contributed by atoms with Crippen LogP contribution in [0.3, 0.4) is 0 Å². The normalized spacial score (nSPS) is 12.6. The molecule has 0 unspecified atom stereocenters. The first kappa shape index (κ1) is 33.6. The molecule has 1 nitrogen and oxygen atoms in total. The first-order valence-corrected chi connectivity index (χ1v) is 19.5. The van der Waals surface area contributed by atoms with Crippen LogP contribution in [0.4, 0.5) is 17.1 Å². The number of fused-ring (bicyclic) bond motifs is 4. The molecular formula is C55H41N. The van der Waals surface area contributed by atoms with E-state index < -0.39 is 0 Å². The summed E-state index contributed by atoms with van der Waals surface area (Å²) < 4.78 is 0. The van der Waals surface area contributed by atoms with Crippen LogP contribution in [0.2, 0.25) is 0 Å². The summed E-state index contributed by atoms with van der Waals surface area (Å²) in [4.78, 5) is 2.49. The molecule has 0 bridgehead atoms. The van der Waals surface area contributed by atoms with Crippen LogP contribution in [-0.4, -0.2) is 0 Å². The molecule has 0 radical (unpaired) electrons. The largest absolute Gasteiger partial charge is 0.309 e. The zero-order chi connectivity index (χ0) is 37.6. The number of nitrogens with zero attached hydrogens (tertiary/aromatic N) is 1. The zero-order valence-electron chi connectivity index (χ0n) is 31.7. The molecule has 1 heteroatoms. The van der Waals surface area contributed by atoms with Crippen molar-refractivity contribution < 1.29 is 0 Å². The van der Waals surface area contributed by atoms with Gasteiger partial charge in [-0.15, -0.1) is 0 Å². The summed E-state index contributed by atoms with van der Waals surface area (Å²) in [5.74, 6) is 0. The molecule has 0 saturated carbocycles. The van der Waals surface area contributed by atoms with Crippen LogP contribution < -0.4 is 4.90 Å². The minimum Gasteiger partial charge on any atom is -0.309 e. The number of rotatable bonds is 7. The Labute approximate surface area is 329 Å². The molecule has 1 aliphatic rings. The zero-order valence-corrected chi connectivity index (χ0v) is 31.7. The fourth-order valence-corrected chi connectivity index (χ4v) is 8.86. The SMILES string of the molecule is CC1(C)c2ccccc2-c2c(N(c3cccc(-c4ccc(-c5cccc6ccccc56)cc4)c3)c3ccccc3-c3ccc(-c4ccccc4)cc3)cccc21. The van der Waals surface area contributed by atoms with Gasteiger partial charge in [-0.3, -0.25) is 0 Å². The molecule has 0 aliphatic heterocycles. The molecule has 0 heterocycles. The van der Waals surface area contributed by atoms with E-state index in [2.05, 4.69) is 231 Å². The fourth-order valence-electron chi connectivity index (χ4n) is 8.86. The Hall–Kier alpha value is -6.96. The van der Waals surface area contributed by atoms with E-state index in [9.17, 15) is 0 Å². The highest BCUT2D eigenvalue weighted by molar-refractivity contribution is 5.99. The van der Waals surface area contributed by atoms with Gasteiger partial charge in [-0.05, 0) is 90.7 Å². The van der Waals surface area contributed by atoms with Gasteiger partial charge in [-0.2, -0.15) is 0 Å². The van der Waals surface area contributed by atoms with Gasteiger partial charge in [0, 0.05) is 22.2 Å². The van der Waals surface area contributed by atoms with Gasteiger partial charge in [0.1, 0.15) is 0 Å². The summed E-state index contributed by atoms with van der Waals surface area (Å²) in [6.45, 7) is 4.72. The molecule has 10 rings (SSSR count). The third-order valence-corrected chi connectivity index (χ3v) is 11.7. The van der Waals surface area contributed by atoms with Crippen molar-refractivity contribution in [1.29, 1.82) is 0 Å². The van der Waals surface area contributed by atoms with E-state index >= 15 is 0 Å². The average Bonchev–Trinajstić information content (AvgIpc) is 3.50. The predicted octanol–water partition coefficient (Wildman–Crippen LogP) is 15.3. The number of hydrogen-bond donors (Lipinski definition) is 0. The van der Waals surface area contributed by atoms with Crippen molar-refractivity contribution in [2.24, 2.45) is 0 Å². The quantitative estimate of drug-likeness (QED) is 0.159. The summed E-state index contributed by atoms with van der Waals surface area (Å²) >= 11 is 0. The van der Waals surface area contributed by atoms with Crippen LogP contribution >= 0.6 is 0 Å². The lowest BCUT2D eigenvalue weighted by molar-refractivity contribution is 0.660. The number of hydrogen-bond acceptors (Lipinski definition) is 1. The van der Waals surface area contributed by atoms with Crippen LogP contribution in [0.25, 0.3) is 66.4 Å². The first-order chi connectivity index (χ1) is 27.5. The second-order valence-corrected chi connectivity index (χ2v) is 15.3. The molecular weight excluding hydrogens is 675 g/mol. The van der Waals surface area contributed by atoms with Gasteiger partial charge in [-0.25, -0.2) is 0 Å². The highest BCUT2D eigenvalue weighted by atomic mass is 15.1. The Balaban J connectivity index is 1.13. The van der Waals surface area contributed by atoms with Gasteiger partial charge < -0.3 is 4.90 Å². The van der Waals surface area contributed by atoms with E-state index in [1.54, 1.807) is 0 Å². The van der Waals surface area contributed by atoms with Gasteiger partial charge in [0.05, 0.1) is 11.4 Å². The van der Waals surface area contributed by atoms with Crippen molar-refractivity contribution in [1.82, 2.24) is 0 Å². The molecule has 266 valence electrons. The van der Waals surface area contributed by atoms with Crippen LogP contribution in [-0.2, 0) is 5.41 Å². The van der Waals surface area contributed by atoms with Gasteiger partial charge >= 0.3 is 0 Å². The van der Waals surface area contributed by atoms with E-state index in [4.69, 9.17) is 0 Å². The number of benzene rings is 9. The highest BCUT2D eigenvalue weighted by Crippen LogP contribution is 2.55. The Morgan fingerprint density at radius 3 is 1.64 bits per heavy atom. The van der Waals surface area contributed by atoms with Crippen molar-refractivity contribution in [3.8, 4) is 55.6 Å². The molecule has 1 aliphatic carbocycles. The summed E-state index contributed by atoms with van der Waals surface area (Å²) in [7, 11) is 0. The summed E-state index contributed by atoms with van der Waals surface area (Å²) in [6, 6.07) is 77.6. The van der Waals surface area contributed by atoms with Gasteiger partial charge in [0.25, 0.3) is 0 Å². The maximum absolute atomic E-state index is 2.49. The third-order valence-electron chi connectivity index (χ3n) is 11.7. The molecule has 9 aromatic carbocycles. The predicted molar refractivity (Wildman–Crippen MR) is 238 cm³/mol. The van der Waals surface area contributed by atoms with Crippen molar-refractivity contribution in [2.75, 3.05) is 4.90 Å². The summed E-state index contributed by atoms with van der Waals surface area (Å²) in [5.41, 5.74) is 18.3. The van der Waals surface area contributed by atoms with E-state index in [-0.39, 0.29) is 5.41 Å². The van der Waals surface area contributed by atoms with E-state index in [1.165, 1.54) is 83.2 Å². The Morgan fingerprint density at radius 1 is 0.339 bits per heavy atom. The summed E-state index contributed by atoms with van der Waals surface area (Å²) in [6.07, 6.45) is 0. The lowest BCUT2D eigenvalue weighted by atomic mass is 9.82. The first-order valence-electron chi connectivity index (χ1n) is 19.5. The molecule has 0 spiro atoms. The smallest absolute Gasteiger partial charge is 0.0543 e. The lowest BCUT2D eigenvalue weighted by Gasteiger charge is -2.31. The van der Waals surface area contributed by atoms with Crippen molar-refractivity contribution in [3.05, 3.63) is 223 Å². The topological polar surface area (TPSA) is 3.24 Å². The van der Waals surface area contributed by atoms with Crippen molar-refractivity contribution in [2.45, 2.75) is 19.3 Å². The van der Waals surface area contributed by atoms with Crippen LogP contribution in [0.1, 0.15) is 25.0 Å². The minimum atomic E-state index is -0.117. The van der Waals surface area contributed by atoms with Crippen LogP contribution in [0.15, 0.2) is 212 Å². The number of anilines is 3. The van der Waals surface area contributed by atoms with Gasteiger partial charge in [-0.1, -0.05) is 202 Å². The fraction of sp³-hybridized carbons (Fsp3) is 0.0545. The summed E-state index contributed by atoms with van der Waals surface area (Å²) in [5, 5.41) is 2.53. The average molecular weight is 716 g/mol. The molecule has 0 amide bonds. The molecule has 0 N–H and O–H groups in total. The minimum absolute atomic E-state index is 0.117. The Morgan fingerprint density at radius 2 is 0.839 bits per heavy atom. The highest BCUT2D eigenvalue weighted by Gasteiger charge is 2.38. The molecule has 0 aromatic heterocycles. The third kappa shape index (κ3) is 5.72. The van der Waals surface area contributed by atoms with Crippen molar-refractivity contribution in [3.63, 3.8) is 0 Å². The Kier molecular flexibility index (Phi) is 8.23. The van der Waals surface area contributed by atoms with E-state index in [1.807, 2.05) is 0 Å². The lowest BCUT2D eigenvalue weighted by Crippen LogP contribution is -2.16. The van der Waals surface area contributed by atoms with Crippen molar-refractivity contribution >= 4 is 27.8 Å². The van der Waals surface area contributed by atoms with Gasteiger partial charge in [0.15, 0.2) is 0 Å². The van der Waals surface area contributed by atoms with Crippen LogP contribution in [0.5, 0.6) is 0 Å².